The monoisotopic (exact) mass is 297 g/mol. The van der Waals surface area contributed by atoms with E-state index in [1.165, 1.54) is 0 Å². The Bertz CT molecular complexity index is 393. The lowest BCUT2D eigenvalue weighted by atomic mass is 9.77. The Morgan fingerprint density at radius 1 is 1.35 bits per heavy atom. The van der Waals surface area contributed by atoms with Crippen LogP contribution in [0.3, 0.4) is 0 Å². The van der Waals surface area contributed by atoms with Gasteiger partial charge in [0, 0.05) is 4.47 Å². The van der Waals surface area contributed by atoms with E-state index in [-0.39, 0.29) is 18.1 Å². The molecule has 0 bridgehead atoms. The predicted octanol–water partition coefficient (Wildman–Crippen LogP) is 2.02. The molecule has 0 saturated heterocycles. The van der Waals surface area contributed by atoms with Gasteiger partial charge in [-0.1, -0.05) is 28.1 Å². The lowest BCUT2D eigenvalue weighted by Crippen LogP contribution is -2.56. The summed E-state index contributed by atoms with van der Waals surface area (Å²) >= 11 is 3.36. The quantitative estimate of drug-likeness (QED) is 0.893. The molecule has 1 amide bonds. The summed E-state index contributed by atoms with van der Waals surface area (Å²) < 4.78 is 1.01. The summed E-state index contributed by atoms with van der Waals surface area (Å²) in [4.78, 5) is 11.8. The summed E-state index contributed by atoms with van der Waals surface area (Å²) in [6.07, 6.45) is 3.22. The predicted molar refractivity (Wildman–Crippen MR) is 69.7 cm³/mol. The molecule has 0 heterocycles. The van der Waals surface area contributed by atoms with Crippen LogP contribution in [0.5, 0.6) is 0 Å². The molecular formula is C13H16BrNO2. The fourth-order valence-corrected chi connectivity index (χ4v) is 2.32. The van der Waals surface area contributed by atoms with E-state index in [2.05, 4.69) is 21.2 Å². The summed E-state index contributed by atoms with van der Waals surface area (Å²) in [5.74, 6) is -0.0129. The maximum Gasteiger partial charge on any atom is 0.224 e. The number of rotatable bonds is 4. The fraction of sp³-hybridized carbons (Fsp3) is 0.462. The average Bonchev–Trinajstić information content (AvgIpc) is 2.27. The first-order chi connectivity index (χ1) is 8.13. The molecule has 1 aromatic rings. The third kappa shape index (κ3) is 3.07. The average molecular weight is 298 g/mol. The normalized spacial score (nSPS) is 17.3. The first kappa shape index (κ1) is 12.6. The van der Waals surface area contributed by atoms with Crippen LogP contribution in [0.2, 0.25) is 0 Å². The Morgan fingerprint density at radius 3 is 2.47 bits per heavy atom. The van der Waals surface area contributed by atoms with Crippen molar-refractivity contribution in [3.8, 4) is 0 Å². The molecule has 0 radical (unpaired) electrons. The van der Waals surface area contributed by atoms with E-state index in [0.29, 0.717) is 6.42 Å². The van der Waals surface area contributed by atoms with Crippen LogP contribution >= 0.6 is 15.9 Å². The molecule has 4 heteroatoms. The minimum absolute atomic E-state index is 0.0129. The van der Waals surface area contributed by atoms with Gasteiger partial charge in [-0.2, -0.15) is 0 Å². The summed E-state index contributed by atoms with van der Waals surface area (Å²) in [6, 6.07) is 7.70. The number of nitrogens with one attached hydrogen (secondary N) is 1. The summed E-state index contributed by atoms with van der Waals surface area (Å²) in [7, 11) is 0. The summed E-state index contributed by atoms with van der Waals surface area (Å²) in [5, 5.41) is 12.2. The van der Waals surface area contributed by atoms with E-state index in [4.69, 9.17) is 0 Å². The molecule has 1 saturated carbocycles. The second-order valence-electron chi connectivity index (χ2n) is 4.64. The number of hydrogen-bond acceptors (Lipinski definition) is 2. The van der Waals surface area contributed by atoms with Gasteiger partial charge < -0.3 is 10.4 Å². The van der Waals surface area contributed by atoms with Crippen LogP contribution in [0.25, 0.3) is 0 Å². The highest BCUT2D eigenvalue weighted by atomic mass is 79.9. The zero-order chi connectivity index (χ0) is 12.3. The van der Waals surface area contributed by atoms with Crippen LogP contribution in [-0.4, -0.2) is 23.2 Å². The van der Waals surface area contributed by atoms with Crippen molar-refractivity contribution in [1.82, 2.24) is 5.32 Å². The number of aliphatic hydroxyl groups excluding tert-OH is 1. The van der Waals surface area contributed by atoms with E-state index >= 15 is 0 Å². The Kier molecular flexibility index (Phi) is 3.84. The van der Waals surface area contributed by atoms with Gasteiger partial charge in [0.05, 0.1) is 18.6 Å². The van der Waals surface area contributed by atoms with Crippen LogP contribution in [0.15, 0.2) is 28.7 Å². The van der Waals surface area contributed by atoms with E-state index in [0.717, 1.165) is 29.3 Å². The summed E-state index contributed by atoms with van der Waals surface area (Å²) in [6.45, 7) is 0.0408. The van der Waals surface area contributed by atoms with Crippen molar-refractivity contribution in [1.29, 1.82) is 0 Å². The Labute approximate surface area is 109 Å². The van der Waals surface area contributed by atoms with Crippen molar-refractivity contribution < 1.29 is 9.90 Å². The fourth-order valence-electron chi connectivity index (χ4n) is 2.05. The van der Waals surface area contributed by atoms with Gasteiger partial charge in [-0.25, -0.2) is 0 Å². The summed E-state index contributed by atoms with van der Waals surface area (Å²) in [5.41, 5.74) is 0.644. The Hall–Kier alpha value is -0.870. The van der Waals surface area contributed by atoms with Gasteiger partial charge in [0.25, 0.3) is 0 Å². The molecule has 0 aliphatic heterocycles. The molecule has 1 aliphatic rings. The molecule has 17 heavy (non-hydrogen) atoms. The van der Waals surface area contributed by atoms with Crippen molar-refractivity contribution in [2.24, 2.45) is 0 Å². The van der Waals surface area contributed by atoms with Gasteiger partial charge in [0.1, 0.15) is 0 Å². The SMILES string of the molecule is O=C(Cc1ccc(Br)cc1)NC1(CO)CCC1. The number of hydrogen-bond donors (Lipinski definition) is 2. The maximum atomic E-state index is 11.8. The van der Waals surface area contributed by atoms with Crippen LogP contribution in [-0.2, 0) is 11.2 Å². The Morgan fingerprint density at radius 2 is 2.00 bits per heavy atom. The first-order valence-electron chi connectivity index (χ1n) is 5.80. The number of amides is 1. The molecule has 0 unspecified atom stereocenters. The lowest BCUT2D eigenvalue weighted by Gasteiger charge is -2.41. The van der Waals surface area contributed by atoms with Gasteiger partial charge in [0.2, 0.25) is 5.91 Å². The highest BCUT2D eigenvalue weighted by Gasteiger charge is 2.37. The van der Waals surface area contributed by atoms with Crippen molar-refractivity contribution in [3.05, 3.63) is 34.3 Å². The van der Waals surface area contributed by atoms with Crippen molar-refractivity contribution in [2.75, 3.05) is 6.61 Å². The van der Waals surface area contributed by atoms with Gasteiger partial charge in [-0.15, -0.1) is 0 Å². The first-order valence-corrected chi connectivity index (χ1v) is 6.59. The molecule has 0 atom stereocenters. The molecule has 3 nitrogen and oxygen atoms in total. The maximum absolute atomic E-state index is 11.8. The highest BCUT2D eigenvalue weighted by Crippen LogP contribution is 2.31. The number of carbonyl (C=O) groups excluding carboxylic acids is 1. The standard InChI is InChI=1S/C13H16BrNO2/c14-11-4-2-10(3-5-11)8-12(17)15-13(9-16)6-1-7-13/h2-5,16H,1,6-9H2,(H,15,17). The molecule has 2 rings (SSSR count). The zero-order valence-corrected chi connectivity index (χ0v) is 11.2. The van der Waals surface area contributed by atoms with Crippen molar-refractivity contribution >= 4 is 21.8 Å². The van der Waals surface area contributed by atoms with E-state index in [1.54, 1.807) is 0 Å². The second kappa shape index (κ2) is 5.19. The largest absolute Gasteiger partial charge is 0.394 e. The number of halogens is 1. The Balaban J connectivity index is 1.91. The van der Waals surface area contributed by atoms with Gasteiger partial charge in [0.15, 0.2) is 0 Å². The number of aliphatic hydroxyl groups is 1. The van der Waals surface area contributed by atoms with Crippen LogP contribution in [0, 0.1) is 0 Å². The van der Waals surface area contributed by atoms with Gasteiger partial charge in [-0.05, 0) is 37.0 Å². The van der Waals surface area contributed by atoms with Crippen LogP contribution in [0.4, 0.5) is 0 Å². The zero-order valence-electron chi connectivity index (χ0n) is 9.58. The molecule has 1 fully saturated rings. The molecule has 0 aromatic heterocycles. The number of benzene rings is 1. The van der Waals surface area contributed by atoms with Gasteiger partial charge >= 0.3 is 0 Å². The van der Waals surface area contributed by atoms with E-state index < -0.39 is 0 Å². The third-order valence-electron chi connectivity index (χ3n) is 3.30. The smallest absolute Gasteiger partial charge is 0.224 e. The minimum atomic E-state index is -0.341. The van der Waals surface area contributed by atoms with Crippen molar-refractivity contribution in [2.45, 2.75) is 31.2 Å². The molecule has 1 aliphatic carbocycles. The van der Waals surface area contributed by atoms with E-state index in [1.807, 2.05) is 24.3 Å². The third-order valence-corrected chi connectivity index (χ3v) is 3.82. The van der Waals surface area contributed by atoms with Crippen LogP contribution < -0.4 is 5.32 Å². The molecule has 1 aromatic carbocycles. The highest BCUT2D eigenvalue weighted by molar-refractivity contribution is 9.10. The lowest BCUT2D eigenvalue weighted by molar-refractivity contribution is -0.124. The number of carbonyl (C=O) groups is 1. The molecule has 2 N–H and O–H groups in total. The van der Waals surface area contributed by atoms with Crippen LogP contribution in [0.1, 0.15) is 24.8 Å². The molecule has 0 spiro atoms. The molecule has 92 valence electrons. The minimum Gasteiger partial charge on any atom is -0.394 e. The van der Waals surface area contributed by atoms with Crippen molar-refractivity contribution in [3.63, 3.8) is 0 Å². The van der Waals surface area contributed by atoms with E-state index in [9.17, 15) is 9.90 Å². The topological polar surface area (TPSA) is 49.3 Å². The second-order valence-corrected chi connectivity index (χ2v) is 5.56. The van der Waals surface area contributed by atoms with Gasteiger partial charge in [-0.3, -0.25) is 4.79 Å². The molecular weight excluding hydrogens is 282 g/mol.